The predicted molar refractivity (Wildman–Crippen MR) is 71.8 cm³/mol. The number of nitrogens with two attached hydrogens (primary N) is 1. The Morgan fingerprint density at radius 1 is 1.00 bits per heavy atom. The van der Waals surface area contributed by atoms with Crippen molar-refractivity contribution in [2.24, 2.45) is 0 Å². The lowest BCUT2D eigenvalue weighted by Gasteiger charge is -2.08. The quantitative estimate of drug-likeness (QED) is 0.504. The van der Waals surface area contributed by atoms with E-state index in [1.807, 2.05) is 0 Å². The topological polar surface area (TPSA) is 26.0 Å². The minimum absolute atomic E-state index is 0.335. The number of halogens is 4. The lowest BCUT2D eigenvalue weighted by Crippen LogP contribution is -2.04. The summed E-state index contributed by atoms with van der Waals surface area (Å²) in [7, 11) is 0. The lowest BCUT2D eigenvalue weighted by molar-refractivity contribution is -0.137. The summed E-state index contributed by atoms with van der Waals surface area (Å²) in [5.74, 6) is -0.0409. The maximum absolute atomic E-state index is 13.5. The number of thioether (sulfide) groups is 1. The maximum Gasteiger partial charge on any atom is 0.416 e. The van der Waals surface area contributed by atoms with Crippen molar-refractivity contribution in [2.45, 2.75) is 16.8 Å². The molecule has 0 aromatic heterocycles. The Bertz CT molecular complexity index is 593. The van der Waals surface area contributed by atoms with Crippen molar-refractivity contribution in [3.8, 4) is 0 Å². The number of rotatable bonds is 3. The highest BCUT2D eigenvalue weighted by atomic mass is 32.2. The molecule has 0 aliphatic rings. The fourth-order valence-electron chi connectivity index (χ4n) is 1.59. The molecule has 6 heteroatoms. The van der Waals surface area contributed by atoms with Crippen LogP contribution in [0.4, 0.5) is 23.2 Å². The van der Waals surface area contributed by atoms with Crippen molar-refractivity contribution < 1.29 is 17.6 Å². The second kappa shape index (κ2) is 5.75. The molecule has 0 bridgehead atoms. The van der Waals surface area contributed by atoms with E-state index in [-0.39, 0.29) is 0 Å². The van der Waals surface area contributed by atoms with E-state index in [4.69, 9.17) is 5.73 Å². The predicted octanol–water partition coefficient (Wildman–Crippen LogP) is 4.72. The van der Waals surface area contributed by atoms with Crippen molar-refractivity contribution in [3.05, 3.63) is 59.4 Å². The van der Waals surface area contributed by atoms with Crippen LogP contribution in [0.5, 0.6) is 0 Å². The standard InChI is InChI=1S/C14H11F4NS/c15-12-7-11(19)5-6-13(12)20-8-9-1-3-10(4-2-9)14(16,17)18/h1-7H,8,19H2. The van der Waals surface area contributed by atoms with E-state index in [0.717, 1.165) is 12.1 Å². The average molecular weight is 301 g/mol. The Kier molecular flexibility index (Phi) is 4.23. The van der Waals surface area contributed by atoms with Crippen molar-refractivity contribution in [1.29, 1.82) is 0 Å². The Labute approximate surface area is 117 Å². The van der Waals surface area contributed by atoms with E-state index >= 15 is 0 Å². The van der Waals surface area contributed by atoms with Gasteiger partial charge < -0.3 is 5.73 Å². The Morgan fingerprint density at radius 2 is 1.65 bits per heavy atom. The minimum atomic E-state index is -4.34. The van der Waals surface area contributed by atoms with Gasteiger partial charge in [0.25, 0.3) is 0 Å². The SMILES string of the molecule is Nc1ccc(SCc2ccc(C(F)(F)F)cc2)c(F)c1. The Morgan fingerprint density at radius 3 is 2.20 bits per heavy atom. The highest BCUT2D eigenvalue weighted by Gasteiger charge is 2.29. The van der Waals surface area contributed by atoms with Crippen molar-refractivity contribution >= 4 is 17.4 Å². The highest BCUT2D eigenvalue weighted by molar-refractivity contribution is 7.98. The van der Waals surface area contributed by atoms with Crippen LogP contribution in [0.15, 0.2) is 47.4 Å². The molecule has 0 aliphatic heterocycles. The van der Waals surface area contributed by atoms with Gasteiger partial charge in [-0.2, -0.15) is 13.2 Å². The molecule has 0 radical (unpaired) electrons. The molecule has 0 heterocycles. The molecule has 2 N–H and O–H groups in total. The molecule has 20 heavy (non-hydrogen) atoms. The van der Waals surface area contributed by atoms with E-state index in [9.17, 15) is 17.6 Å². The lowest BCUT2D eigenvalue weighted by atomic mass is 10.1. The van der Waals surface area contributed by atoms with Gasteiger partial charge in [-0.3, -0.25) is 0 Å². The van der Waals surface area contributed by atoms with Gasteiger partial charge in [-0.1, -0.05) is 12.1 Å². The van der Waals surface area contributed by atoms with Gasteiger partial charge in [0, 0.05) is 16.3 Å². The van der Waals surface area contributed by atoms with Gasteiger partial charge in [0.15, 0.2) is 0 Å². The second-order valence-electron chi connectivity index (χ2n) is 4.17. The van der Waals surface area contributed by atoms with Crippen LogP contribution in [-0.2, 0) is 11.9 Å². The average Bonchev–Trinajstić information content (AvgIpc) is 2.37. The Hall–Kier alpha value is -1.69. The summed E-state index contributed by atoms with van der Waals surface area (Å²) in [6.07, 6.45) is -4.34. The molecule has 0 fully saturated rings. The summed E-state index contributed by atoms with van der Waals surface area (Å²) in [6, 6.07) is 9.19. The van der Waals surface area contributed by atoms with Crippen LogP contribution in [0.25, 0.3) is 0 Å². The summed E-state index contributed by atoms with van der Waals surface area (Å²) in [5.41, 5.74) is 5.77. The number of nitrogen functional groups attached to an aromatic ring is 1. The van der Waals surface area contributed by atoms with Crippen molar-refractivity contribution in [3.63, 3.8) is 0 Å². The van der Waals surface area contributed by atoms with Gasteiger partial charge in [0.1, 0.15) is 5.82 Å². The Balaban J connectivity index is 2.04. The molecule has 0 aliphatic carbocycles. The van der Waals surface area contributed by atoms with Gasteiger partial charge in [0.2, 0.25) is 0 Å². The third-order valence-corrected chi connectivity index (χ3v) is 3.75. The zero-order chi connectivity index (χ0) is 14.8. The molecular formula is C14H11F4NS. The fraction of sp³-hybridized carbons (Fsp3) is 0.143. The van der Waals surface area contributed by atoms with Crippen LogP contribution in [0, 0.1) is 5.82 Å². The second-order valence-corrected chi connectivity index (χ2v) is 5.19. The van der Waals surface area contributed by atoms with Crippen LogP contribution >= 0.6 is 11.8 Å². The van der Waals surface area contributed by atoms with E-state index in [1.165, 1.54) is 30.0 Å². The molecule has 106 valence electrons. The number of anilines is 1. The molecule has 1 nitrogen and oxygen atoms in total. The first-order valence-corrected chi connectivity index (χ1v) is 6.69. The van der Waals surface area contributed by atoms with E-state index < -0.39 is 17.6 Å². The zero-order valence-corrected chi connectivity index (χ0v) is 11.1. The van der Waals surface area contributed by atoms with Gasteiger partial charge >= 0.3 is 6.18 Å². The van der Waals surface area contributed by atoms with Crippen LogP contribution in [0.2, 0.25) is 0 Å². The first-order valence-electron chi connectivity index (χ1n) is 5.70. The van der Waals surface area contributed by atoms with E-state index in [2.05, 4.69) is 0 Å². The monoisotopic (exact) mass is 301 g/mol. The summed E-state index contributed by atoms with van der Waals surface area (Å²) >= 11 is 1.21. The molecule has 0 spiro atoms. The number of alkyl halides is 3. The summed E-state index contributed by atoms with van der Waals surface area (Å²) in [4.78, 5) is 0.416. The summed E-state index contributed by atoms with van der Waals surface area (Å²) < 4.78 is 50.7. The molecule has 0 amide bonds. The highest BCUT2D eigenvalue weighted by Crippen LogP contribution is 2.31. The van der Waals surface area contributed by atoms with Gasteiger partial charge in [-0.05, 0) is 35.9 Å². The summed E-state index contributed by atoms with van der Waals surface area (Å²) in [5, 5.41) is 0. The molecular weight excluding hydrogens is 290 g/mol. The molecule has 0 saturated carbocycles. The van der Waals surface area contributed by atoms with Crippen LogP contribution in [0.1, 0.15) is 11.1 Å². The zero-order valence-electron chi connectivity index (χ0n) is 10.2. The molecule has 0 unspecified atom stereocenters. The number of hydrogen-bond donors (Lipinski definition) is 1. The smallest absolute Gasteiger partial charge is 0.399 e. The van der Waals surface area contributed by atoms with Crippen LogP contribution in [0.3, 0.4) is 0 Å². The van der Waals surface area contributed by atoms with Crippen molar-refractivity contribution in [2.75, 3.05) is 5.73 Å². The summed E-state index contributed by atoms with van der Waals surface area (Å²) in [6.45, 7) is 0. The van der Waals surface area contributed by atoms with E-state index in [0.29, 0.717) is 21.9 Å². The first kappa shape index (κ1) is 14.7. The van der Waals surface area contributed by atoms with Gasteiger partial charge in [-0.25, -0.2) is 4.39 Å². The number of hydrogen-bond acceptors (Lipinski definition) is 2. The minimum Gasteiger partial charge on any atom is -0.399 e. The first-order chi connectivity index (χ1) is 9.36. The molecule has 2 rings (SSSR count). The van der Waals surface area contributed by atoms with Gasteiger partial charge in [0.05, 0.1) is 5.56 Å². The third kappa shape index (κ3) is 3.66. The fourth-order valence-corrected chi connectivity index (χ4v) is 2.46. The number of benzene rings is 2. The molecule has 2 aromatic rings. The van der Waals surface area contributed by atoms with Gasteiger partial charge in [-0.15, -0.1) is 11.8 Å². The normalized spacial score (nSPS) is 11.6. The van der Waals surface area contributed by atoms with Crippen molar-refractivity contribution in [1.82, 2.24) is 0 Å². The van der Waals surface area contributed by atoms with Crippen LogP contribution in [-0.4, -0.2) is 0 Å². The maximum atomic E-state index is 13.5. The molecule has 0 atom stereocenters. The van der Waals surface area contributed by atoms with E-state index in [1.54, 1.807) is 12.1 Å². The third-order valence-electron chi connectivity index (χ3n) is 2.63. The van der Waals surface area contributed by atoms with Crippen LogP contribution < -0.4 is 5.73 Å². The molecule has 2 aromatic carbocycles. The molecule has 0 saturated heterocycles. The largest absolute Gasteiger partial charge is 0.416 e.